The average molecular weight is 149 g/mol. The lowest BCUT2D eigenvalue weighted by Gasteiger charge is -2.05. The van der Waals surface area contributed by atoms with E-state index in [-0.39, 0.29) is 0 Å². The van der Waals surface area contributed by atoms with Gasteiger partial charge in [-0.3, -0.25) is 4.99 Å². The molecule has 0 N–H and O–H groups in total. The Bertz CT molecular complexity index is 209. The van der Waals surface area contributed by atoms with Gasteiger partial charge in [-0.2, -0.15) is 0 Å². The van der Waals surface area contributed by atoms with Crippen LogP contribution in [0.2, 0.25) is 0 Å². The minimum Gasteiger partial charge on any atom is -0.261 e. The van der Waals surface area contributed by atoms with Crippen LogP contribution in [0.3, 0.4) is 0 Å². The molecule has 60 valence electrons. The molecule has 0 spiro atoms. The number of hydrogen-bond acceptors (Lipinski definition) is 1. The van der Waals surface area contributed by atoms with Crippen molar-refractivity contribution in [3.63, 3.8) is 0 Å². The predicted octanol–water partition coefficient (Wildman–Crippen LogP) is 2.80. The minimum absolute atomic E-state index is 0.523. The summed E-state index contributed by atoms with van der Waals surface area (Å²) in [7, 11) is 0. The summed E-state index contributed by atoms with van der Waals surface area (Å²) in [6.45, 7) is 6.51. The van der Waals surface area contributed by atoms with E-state index in [2.05, 4.69) is 37.9 Å². The van der Waals surface area contributed by atoms with Gasteiger partial charge >= 0.3 is 0 Å². The van der Waals surface area contributed by atoms with Crippen LogP contribution in [-0.2, 0) is 0 Å². The van der Waals surface area contributed by atoms with Crippen LogP contribution in [0.5, 0.6) is 0 Å². The molecule has 0 aromatic heterocycles. The Labute approximate surface area is 68.5 Å². The van der Waals surface area contributed by atoms with Gasteiger partial charge < -0.3 is 0 Å². The second-order valence-electron chi connectivity index (χ2n) is 3.27. The fourth-order valence-corrected chi connectivity index (χ4v) is 1.06. The maximum atomic E-state index is 4.32. The Balaban J connectivity index is 2.80. The van der Waals surface area contributed by atoms with Crippen LogP contribution in [0.25, 0.3) is 0 Å². The maximum Gasteiger partial charge on any atom is 0.0395 e. The molecule has 0 saturated carbocycles. The Morgan fingerprint density at radius 1 is 1.45 bits per heavy atom. The van der Waals surface area contributed by atoms with Gasteiger partial charge in [0.25, 0.3) is 0 Å². The van der Waals surface area contributed by atoms with E-state index in [1.165, 1.54) is 5.70 Å². The normalized spacial score (nSPS) is 23.6. The third-order valence-corrected chi connectivity index (χ3v) is 1.75. The van der Waals surface area contributed by atoms with Crippen molar-refractivity contribution in [3.05, 3.63) is 23.9 Å². The number of allylic oxidation sites excluding steroid dienone is 4. The van der Waals surface area contributed by atoms with Gasteiger partial charge in [0.15, 0.2) is 0 Å². The highest BCUT2D eigenvalue weighted by atomic mass is 14.7. The predicted molar refractivity (Wildman–Crippen MR) is 49.7 cm³/mol. The third-order valence-electron chi connectivity index (χ3n) is 1.75. The molecule has 0 aromatic rings. The van der Waals surface area contributed by atoms with Crippen LogP contribution in [0.4, 0.5) is 0 Å². The molecular weight excluding hydrogens is 134 g/mol. The van der Waals surface area contributed by atoms with Crippen molar-refractivity contribution in [2.45, 2.75) is 20.8 Å². The first-order valence-corrected chi connectivity index (χ1v) is 4.12. The van der Waals surface area contributed by atoms with Crippen molar-refractivity contribution in [2.24, 2.45) is 16.8 Å². The lowest BCUT2D eigenvalue weighted by molar-refractivity contribution is 0.741. The van der Waals surface area contributed by atoms with Gasteiger partial charge in [0.05, 0.1) is 0 Å². The Morgan fingerprint density at radius 2 is 2.18 bits per heavy atom. The van der Waals surface area contributed by atoms with E-state index in [1.807, 2.05) is 12.3 Å². The highest BCUT2D eigenvalue weighted by molar-refractivity contribution is 5.72. The summed E-state index contributed by atoms with van der Waals surface area (Å²) >= 11 is 0. The molecule has 0 amide bonds. The molecule has 1 heterocycles. The van der Waals surface area contributed by atoms with Crippen LogP contribution < -0.4 is 0 Å². The Kier molecular flexibility index (Phi) is 2.64. The molecule has 11 heavy (non-hydrogen) atoms. The molecule has 0 bridgehead atoms. The number of hydrogen-bond donors (Lipinski definition) is 0. The summed E-state index contributed by atoms with van der Waals surface area (Å²) in [5.74, 6) is 1.06. The minimum atomic E-state index is 0.523. The summed E-state index contributed by atoms with van der Waals surface area (Å²) in [6.07, 6.45) is 8.25. The number of rotatable bonds is 1. The SMILES string of the molecule is CC1C=CC=NC(C(C)C)=C1. The van der Waals surface area contributed by atoms with E-state index in [4.69, 9.17) is 0 Å². The first-order valence-electron chi connectivity index (χ1n) is 4.12. The maximum absolute atomic E-state index is 4.32. The van der Waals surface area contributed by atoms with E-state index < -0.39 is 0 Å². The molecule has 0 fully saturated rings. The van der Waals surface area contributed by atoms with Crippen molar-refractivity contribution >= 4 is 6.21 Å². The number of aliphatic imine (C=N–C) groups is 1. The van der Waals surface area contributed by atoms with Gasteiger partial charge in [-0.05, 0) is 17.9 Å². The van der Waals surface area contributed by atoms with E-state index in [0.29, 0.717) is 11.8 Å². The molecular formula is C10H15N. The molecule has 0 saturated heterocycles. The molecule has 1 heteroatoms. The molecule has 1 nitrogen and oxygen atoms in total. The lowest BCUT2D eigenvalue weighted by Crippen LogP contribution is -1.92. The smallest absolute Gasteiger partial charge is 0.0395 e. The fourth-order valence-electron chi connectivity index (χ4n) is 1.06. The lowest BCUT2D eigenvalue weighted by atomic mass is 10.1. The highest BCUT2D eigenvalue weighted by Gasteiger charge is 2.03. The second-order valence-corrected chi connectivity index (χ2v) is 3.27. The highest BCUT2D eigenvalue weighted by Crippen LogP contribution is 2.16. The number of nitrogens with zero attached hydrogens (tertiary/aromatic N) is 1. The van der Waals surface area contributed by atoms with Crippen LogP contribution in [-0.4, -0.2) is 6.21 Å². The molecule has 0 aliphatic carbocycles. The molecule has 1 atom stereocenters. The van der Waals surface area contributed by atoms with Crippen LogP contribution in [0.15, 0.2) is 28.9 Å². The van der Waals surface area contributed by atoms with E-state index in [1.54, 1.807) is 0 Å². The zero-order chi connectivity index (χ0) is 8.27. The van der Waals surface area contributed by atoms with Crippen molar-refractivity contribution in [3.8, 4) is 0 Å². The van der Waals surface area contributed by atoms with Crippen LogP contribution in [0, 0.1) is 11.8 Å². The van der Waals surface area contributed by atoms with Gasteiger partial charge in [0, 0.05) is 11.9 Å². The summed E-state index contributed by atoms with van der Waals surface area (Å²) in [5.41, 5.74) is 1.20. The van der Waals surface area contributed by atoms with E-state index in [0.717, 1.165) is 0 Å². The van der Waals surface area contributed by atoms with E-state index >= 15 is 0 Å². The third kappa shape index (κ3) is 2.34. The second kappa shape index (κ2) is 3.51. The Hall–Kier alpha value is -0.850. The quantitative estimate of drug-likeness (QED) is 0.543. The average Bonchev–Trinajstić information content (AvgIpc) is 2.13. The monoisotopic (exact) mass is 149 g/mol. The molecule has 1 aliphatic heterocycles. The van der Waals surface area contributed by atoms with Crippen molar-refractivity contribution in [1.82, 2.24) is 0 Å². The summed E-state index contributed by atoms with van der Waals surface area (Å²) in [4.78, 5) is 4.32. The molecule has 0 aromatic carbocycles. The van der Waals surface area contributed by atoms with Crippen molar-refractivity contribution < 1.29 is 0 Å². The molecule has 1 aliphatic rings. The Morgan fingerprint density at radius 3 is 2.82 bits per heavy atom. The largest absolute Gasteiger partial charge is 0.261 e. The summed E-state index contributed by atoms with van der Waals surface area (Å²) in [5, 5.41) is 0. The van der Waals surface area contributed by atoms with Crippen molar-refractivity contribution in [1.29, 1.82) is 0 Å². The topological polar surface area (TPSA) is 12.4 Å². The van der Waals surface area contributed by atoms with Gasteiger partial charge in [-0.15, -0.1) is 0 Å². The van der Waals surface area contributed by atoms with Gasteiger partial charge in [0.1, 0.15) is 0 Å². The molecule has 1 rings (SSSR count). The van der Waals surface area contributed by atoms with Gasteiger partial charge in [-0.25, -0.2) is 0 Å². The van der Waals surface area contributed by atoms with Gasteiger partial charge in [-0.1, -0.05) is 32.9 Å². The fraction of sp³-hybridized carbons (Fsp3) is 0.500. The van der Waals surface area contributed by atoms with Gasteiger partial charge in [0.2, 0.25) is 0 Å². The zero-order valence-electron chi connectivity index (χ0n) is 7.41. The standard InChI is InChI=1S/C10H15N/c1-8(2)10-7-9(3)5-4-6-11-10/h4-9H,1-3H3. The molecule has 1 unspecified atom stereocenters. The van der Waals surface area contributed by atoms with Crippen LogP contribution in [0.1, 0.15) is 20.8 Å². The van der Waals surface area contributed by atoms with E-state index in [9.17, 15) is 0 Å². The van der Waals surface area contributed by atoms with Crippen LogP contribution >= 0.6 is 0 Å². The van der Waals surface area contributed by atoms with Crippen molar-refractivity contribution in [2.75, 3.05) is 0 Å². The molecule has 0 radical (unpaired) electrons. The zero-order valence-corrected chi connectivity index (χ0v) is 7.41. The summed E-state index contributed by atoms with van der Waals surface area (Å²) < 4.78 is 0. The first-order chi connectivity index (χ1) is 5.20. The first kappa shape index (κ1) is 8.25. The summed E-state index contributed by atoms with van der Waals surface area (Å²) in [6, 6.07) is 0.